The Balaban J connectivity index is 2.47. The summed E-state index contributed by atoms with van der Waals surface area (Å²) >= 11 is 3.13. The maximum Gasteiger partial charge on any atom is 0.166 e. The molecule has 2 nitrogen and oxygen atoms in total. The summed E-state index contributed by atoms with van der Waals surface area (Å²) in [6, 6.07) is 1.37. The predicted octanol–water partition coefficient (Wildman–Crippen LogP) is 2.81. The zero-order chi connectivity index (χ0) is 10.4. The molecule has 1 aromatic heterocycles. The molecule has 0 unspecified atom stereocenters. The molecule has 0 saturated heterocycles. The van der Waals surface area contributed by atoms with Crippen molar-refractivity contribution < 1.29 is 4.39 Å². The predicted molar refractivity (Wildman–Crippen MR) is 58.5 cm³/mol. The van der Waals surface area contributed by atoms with Crippen LogP contribution in [0.3, 0.4) is 0 Å². The minimum atomic E-state index is -0.361. The van der Waals surface area contributed by atoms with E-state index in [4.69, 9.17) is 6.42 Å². The van der Waals surface area contributed by atoms with Crippen LogP contribution >= 0.6 is 15.9 Å². The molecular formula is C10H10BrFN2. The van der Waals surface area contributed by atoms with Gasteiger partial charge in [0.25, 0.3) is 0 Å². The number of pyridine rings is 1. The molecule has 0 saturated carbocycles. The quantitative estimate of drug-likeness (QED) is 0.662. The van der Waals surface area contributed by atoms with Gasteiger partial charge in [-0.15, -0.1) is 12.3 Å². The highest BCUT2D eigenvalue weighted by atomic mass is 79.9. The number of nitrogens with one attached hydrogen (secondary N) is 1. The lowest BCUT2D eigenvalue weighted by Gasteiger charge is -2.04. The maximum absolute atomic E-state index is 13.2. The third-order valence-corrected chi connectivity index (χ3v) is 2.03. The first-order chi connectivity index (χ1) is 6.74. The summed E-state index contributed by atoms with van der Waals surface area (Å²) in [4.78, 5) is 3.89. The smallest absolute Gasteiger partial charge is 0.166 e. The molecule has 0 bridgehead atoms. The number of aromatic nitrogens is 1. The Morgan fingerprint density at radius 3 is 3.07 bits per heavy atom. The monoisotopic (exact) mass is 256 g/mol. The molecule has 0 spiro atoms. The van der Waals surface area contributed by atoms with Crippen molar-refractivity contribution in [1.82, 2.24) is 4.98 Å². The Kier molecular flexibility index (Phi) is 4.41. The van der Waals surface area contributed by atoms with Crippen LogP contribution in [0.15, 0.2) is 16.7 Å². The fourth-order valence-corrected chi connectivity index (χ4v) is 1.25. The van der Waals surface area contributed by atoms with Crippen LogP contribution in [-0.2, 0) is 0 Å². The van der Waals surface area contributed by atoms with Gasteiger partial charge < -0.3 is 5.32 Å². The van der Waals surface area contributed by atoms with Crippen LogP contribution in [0.5, 0.6) is 0 Å². The molecule has 1 rings (SSSR count). The summed E-state index contributed by atoms with van der Waals surface area (Å²) in [6.45, 7) is 0.635. The van der Waals surface area contributed by atoms with Gasteiger partial charge in [-0.1, -0.05) is 0 Å². The zero-order valence-corrected chi connectivity index (χ0v) is 9.14. The molecule has 1 aromatic rings. The molecule has 74 valence electrons. The summed E-state index contributed by atoms with van der Waals surface area (Å²) in [5, 5.41) is 2.87. The molecule has 0 aliphatic carbocycles. The summed E-state index contributed by atoms with van der Waals surface area (Å²) < 4.78 is 13.8. The van der Waals surface area contributed by atoms with Gasteiger partial charge in [0.2, 0.25) is 0 Å². The van der Waals surface area contributed by atoms with Crippen molar-refractivity contribution in [2.45, 2.75) is 12.8 Å². The highest BCUT2D eigenvalue weighted by Crippen LogP contribution is 2.15. The summed E-state index contributed by atoms with van der Waals surface area (Å²) in [5.41, 5.74) is 0. The normalized spacial score (nSPS) is 9.50. The average Bonchev–Trinajstić information content (AvgIpc) is 2.15. The number of anilines is 1. The van der Waals surface area contributed by atoms with E-state index in [1.807, 2.05) is 0 Å². The molecule has 1 N–H and O–H groups in total. The highest BCUT2D eigenvalue weighted by molar-refractivity contribution is 9.10. The molecule has 0 aliphatic rings. The largest absolute Gasteiger partial charge is 0.368 e. The van der Waals surface area contributed by atoms with Crippen LogP contribution in [0.25, 0.3) is 0 Å². The van der Waals surface area contributed by atoms with E-state index in [1.165, 1.54) is 6.07 Å². The van der Waals surface area contributed by atoms with Crippen LogP contribution < -0.4 is 5.32 Å². The first kappa shape index (κ1) is 11.0. The van der Waals surface area contributed by atoms with Gasteiger partial charge in [0, 0.05) is 23.6 Å². The summed E-state index contributed by atoms with van der Waals surface area (Å²) in [7, 11) is 0. The minimum Gasteiger partial charge on any atom is -0.368 e. The first-order valence-electron chi connectivity index (χ1n) is 4.22. The molecule has 0 amide bonds. The van der Waals surface area contributed by atoms with E-state index in [2.05, 4.69) is 32.2 Å². The zero-order valence-electron chi connectivity index (χ0n) is 7.56. The Bertz CT molecular complexity index is 346. The van der Waals surface area contributed by atoms with Crippen molar-refractivity contribution in [2.24, 2.45) is 0 Å². The van der Waals surface area contributed by atoms with Crippen molar-refractivity contribution in [3.8, 4) is 12.3 Å². The van der Waals surface area contributed by atoms with Gasteiger partial charge >= 0.3 is 0 Å². The SMILES string of the molecule is C#CCCCNc1ncc(Br)cc1F. The Labute approximate surface area is 91.1 Å². The fourth-order valence-electron chi connectivity index (χ4n) is 0.942. The van der Waals surface area contributed by atoms with Gasteiger partial charge in [-0.3, -0.25) is 0 Å². The lowest BCUT2D eigenvalue weighted by Crippen LogP contribution is -2.04. The van der Waals surface area contributed by atoms with Crippen LogP contribution in [0.1, 0.15) is 12.8 Å². The molecular weight excluding hydrogens is 247 g/mol. The Morgan fingerprint density at radius 2 is 2.43 bits per heavy atom. The van der Waals surface area contributed by atoms with Crippen LogP contribution in [-0.4, -0.2) is 11.5 Å². The lowest BCUT2D eigenvalue weighted by atomic mass is 10.3. The van der Waals surface area contributed by atoms with Crippen molar-refractivity contribution in [3.05, 3.63) is 22.6 Å². The third kappa shape index (κ3) is 3.35. The third-order valence-electron chi connectivity index (χ3n) is 1.60. The van der Waals surface area contributed by atoms with Gasteiger partial charge in [0.1, 0.15) is 0 Å². The van der Waals surface area contributed by atoms with Crippen molar-refractivity contribution in [1.29, 1.82) is 0 Å². The van der Waals surface area contributed by atoms with Crippen LogP contribution in [0, 0.1) is 18.2 Å². The second-order valence-corrected chi connectivity index (χ2v) is 3.63. The van der Waals surface area contributed by atoms with Crippen LogP contribution in [0.4, 0.5) is 10.2 Å². The van der Waals surface area contributed by atoms with Crippen molar-refractivity contribution in [3.63, 3.8) is 0 Å². The second-order valence-electron chi connectivity index (χ2n) is 2.72. The summed E-state index contributed by atoms with van der Waals surface area (Å²) in [5.74, 6) is 2.42. The van der Waals surface area contributed by atoms with E-state index in [9.17, 15) is 4.39 Å². The molecule has 0 aromatic carbocycles. The lowest BCUT2D eigenvalue weighted by molar-refractivity contribution is 0.622. The van der Waals surface area contributed by atoms with Crippen molar-refractivity contribution >= 4 is 21.7 Å². The van der Waals surface area contributed by atoms with Gasteiger partial charge in [0.15, 0.2) is 11.6 Å². The van der Waals surface area contributed by atoms with E-state index in [0.29, 0.717) is 17.4 Å². The summed E-state index contributed by atoms with van der Waals surface area (Å²) in [6.07, 6.45) is 8.13. The van der Waals surface area contributed by atoms with Gasteiger partial charge in [-0.05, 0) is 28.4 Å². The maximum atomic E-state index is 13.2. The molecule has 0 fully saturated rings. The van der Waals surface area contributed by atoms with Gasteiger partial charge in [-0.25, -0.2) is 9.37 Å². The van der Waals surface area contributed by atoms with E-state index >= 15 is 0 Å². The van der Waals surface area contributed by atoms with Gasteiger partial charge in [-0.2, -0.15) is 0 Å². The molecule has 14 heavy (non-hydrogen) atoms. The molecule has 1 heterocycles. The van der Waals surface area contributed by atoms with Crippen LogP contribution in [0.2, 0.25) is 0 Å². The Morgan fingerprint density at radius 1 is 1.64 bits per heavy atom. The number of halogens is 2. The fraction of sp³-hybridized carbons (Fsp3) is 0.300. The van der Waals surface area contributed by atoms with E-state index in [-0.39, 0.29) is 11.6 Å². The topological polar surface area (TPSA) is 24.9 Å². The molecule has 0 atom stereocenters. The molecule has 0 aliphatic heterocycles. The number of nitrogens with zero attached hydrogens (tertiary/aromatic N) is 1. The van der Waals surface area contributed by atoms with E-state index < -0.39 is 0 Å². The Hall–Kier alpha value is -1.08. The van der Waals surface area contributed by atoms with E-state index in [1.54, 1.807) is 6.20 Å². The molecule has 4 heteroatoms. The number of rotatable bonds is 4. The first-order valence-corrected chi connectivity index (χ1v) is 5.01. The van der Waals surface area contributed by atoms with E-state index in [0.717, 1.165) is 6.42 Å². The number of hydrogen-bond acceptors (Lipinski definition) is 2. The average molecular weight is 257 g/mol. The number of terminal acetylenes is 1. The number of unbranched alkanes of at least 4 members (excludes halogenated alkanes) is 1. The molecule has 0 radical (unpaired) electrons. The standard InChI is InChI=1S/C10H10BrFN2/c1-2-3-4-5-13-10-9(12)6-8(11)7-14-10/h1,6-7H,3-5H2,(H,13,14). The minimum absolute atomic E-state index is 0.269. The van der Waals surface area contributed by atoms with Crippen molar-refractivity contribution in [2.75, 3.05) is 11.9 Å². The number of hydrogen-bond donors (Lipinski definition) is 1. The van der Waals surface area contributed by atoms with Gasteiger partial charge in [0.05, 0.1) is 0 Å². The highest BCUT2D eigenvalue weighted by Gasteiger charge is 2.02. The second kappa shape index (κ2) is 5.61.